The third kappa shape index (κ3) is 5.29. The number of aromatic nitrogens is 1. The van der Waals surface area contributed by atoms with Crippen molar-refractivity contribution in [2.24, 2.45) is 0 Å². The Morgan fingerprint density at radius 3 is 2.44 bits per heavy atom. The van der Waals surface area contributed by atoms with Crippen molar-refractivity contribution in [2.45, 2.75) is 0 Å². The zero-order valence-corrected chi connectivity index (χ0v) is 14.8. The maximum Gasteiger partial charge on any atom is 0.340 e. The van der Waals surface area contributed by atoms with E-state index in [2.05, 4.69) is 10.3 Å². The molecule has 3 rings (SSSR count). The second-order valence-electron chi connectivity index (χ2n) is 5.41. The third-order valence-corrected chi connectivity index (χ3v) is 3.65. The van der Waals surface area contributed by atoms with E-state index in [1.807, 2.05) is 18.2 Å². The van der Waals surface area contributed by atoms with Gasteiger partial charge in [-0.05, 0) is 36.4 Å². The molecule has 0 saturated heterocycles. The number of rotatable bonds is 6. The molecule has 0 saturated carbocycles. The molecular weight excluding hydrogens is 368 g/mol. The second-order valence-corrected chi connectivity index (χ2v) is 5.79. The van der Waals surface area contributed by atoms with Gasteiger partial charge in [0, 0.05) is 6.20 Å². The smallest absolute Gasteiger partial charge is 0.340 e. The Morgan fingerprint density at radius 2 is 1.70 bits per heavy atom. The van der Waals surface area contributed by atoms with Crippen molar-refractivity contribution in [2.75, 3.05) is 11.9 Å². The number of ether oxygens (including phenoxy) is 2. The summed E-state index contributed by atoms with van der Waals surface area (Å²) in [5.74, 6) is -0.0383. The first-order chi connectivity index (χ1) is 13.1. The number of hydrogen-bond donors (Lipinski definition) is 1. The molecule has 6 nitrogen and oxygen atoms in total. The lowest BCUT2D eigenvalue weighted by atomic mass is 10.3. The SMILES string of the molecule is O=C(COC(=O)c1ccc(Cl)nc1)Nc1ccccc1Oc1ccccc1. The minimum Gasteiger partial charge on any atom is -0.455 e. The van der Waals surface area contributed by atoms with E-state index in [1.165, 1.54) is 18.3 Å². The summed E-state index contributed by atoms with van der Waals surface area (Å²) in [6.07, 6.45) is 1.28. The van der Waals surface area contributed by atoms with E-state index < -0.39 is 18.5 Å². The lowest BCUT2D eigenvalue weighted by Crippen LogP contribution is -2.21. The molecule has 0 spiro atoms. The topological polar surface area (TPSA) is 77.5 Å². The number of amides is 1. The predicted octanol–water partition coefficient (Wildman–Crippen LogP) is 4.32. The number of anilines is 1. The van der Waals surface area contributed by atoms with E-state index >= 15 is 0 Å². The molecule has 27 heavy (non-hydrogen) atoms. The average molecular weight is 383 g/mol. The van der Waals surface area contributed by atoms with Gasteiger partial charge in [0.15, 0.2) is 12.4 Å². The van der Waals surface area contributed by atoms with Crippen molar-refractivity contribution in [3.63, 3.8) is 0 Å². The lowest BCUT2D eigenvalue weighted by molar-refractivity contribution is -0.119. The first kappa shape index (κ1) is 18.4. The van der Waals surface area contributed by atoms with Crippen LogP contribution < -0.4 is 10.1 Å². The van der Waals surface area contributed by atoms with Gasteiger partial charge in [-0.2, -0.15) is 0 Å². The molecule has 1 amide bonds. The van der Waals surface area contributed by atoms with Crippen LogP contribution in [0.15, 0.2) is 72.9 Å². The Labute approximate surface area is 160 Å². The fourth-order valence-electron chi connectivity index (χ4n) is 2.17. The molecule has 0 aliphatic carbocycles. The van der Waals surface area contributed by atoms with Gasteiger partial charge in [0.25, 0.3) is 5.91 Å². The normalized spacial score (nSPS) is 10.1. The standard InChI is InChI=1S/C20H15ClN2O4/c21-18-11-10-14(12-22-18)20(25)26-13-19(24)23-16-8-4-5-9-17(16)27-15-6-2-1-3-7-15/h1-12H,13H2,(H,23,24). The van der Waals surface area contributed by atoms with Crippen LogP contribution in [0.4, 0.5) is 5.69 Å². The molecule has 0 aliphatic rings. The van der Waals surface area contributed by atoms with Crippen molar-refractivity contribution in [3.8, 4) is 11.5 Å². The van der Waals surface area contributed by atoms with Crippen LogP contribution in [0.2, 0.25) is 5.15 Å². The Kier molecular flexibility index (Phi) is 6.02. The van der Waals surface area contributed by atoms with Gasteiger partial charge in [0.05, 0.1) is 11.3 Å². The van der Waals surface area contributed by atoms with Crippen LogP contribution in [-0.4, -0.2) is 23.5 Å². The first-order valence-corrected chi connectivity index (χ1v) is 8.40. The van der Waals surface area contributed by atoms with E-state index in [0.29, 0.717) is 17.2 Å². The summed E-state index contributed by atoms with van der Waals surface area (Å²) in [7, 11) is 0. The zero-order chi connectivity index (χ0) is 19.1. The van der Waals surface area contributed by atoms with Gasteiger partial charge in [-0.15, -0.1) is 0 Å². The van der Waals surface area contributed by atoms with Crippen LogP contribution in [0, 0.1) is 0 Å². The maximum absolute atomic E-state index is 12.1. The summed E-state index contributed by atoms with van der Waals surface area (Å²) < 4.78 is 10.8. The number of carbonyl (C=O) groups excluding carboxylic acids is 2. The molecule has 0 fully saturated rings. The predicted molar refractivity (Wildman–Crippen MR) is 101 cm³/mol. The molecular formula is C20H15ClN2O4. The Bertz CT molecular complexity index is 930. The molecule has 0 radical (unpaired) electrons. The van der Waals surface area contributed by atoms with Crippen LogP contribution >= 0.6 is 11.6 Å². The molecule has 1 aromatic heterocycles. The van der Waals surface area contributed by atoms with Crippen molar-refractivity contribution >= 4 is 29.2 Å². The molecule has 1 N–H and O–H groups in total. The van der Waals surface area contributed by atoms with Gasteiger partial charge in [0.1, 0.15) is 10.9 Å². The first-order valence-electron chi connectivity index (χ1n) is 8.02. The number of nitrogens with zero attached hydrogens (tertiary/aromatic N) is 1. The van der Waals surface area contributed by atoms with Crippen LogP contribution in [-0.2, 0) is 9.53 Å². The molecule has 3 aromatic rings. The van der Waals surface area contributed by atoms with E-state index in [-0.39, 0.29) is 10.7 Å². The number of benzene rings is 2. The molecule has 1 heterocycles. The minimum absolute atomic E-state index is 0.208. The zero-order valence-electron chi connectivity index (χ0n) is 14.1. The maximum atomic E-state index is 12.1. The van der Waals surface area contributed by atoms with Crippen molar-refractivity contribution < 1.29 is 19.1 Å². The van der Waals surface area contributed by atoms with Gasteiger partial charge in [-0.1, -0.05) is 41.9 Å². The van der Waals surface area contributed by atoms with Gasteiger partial charge in [0.2, 0.25) is 0 Å². The van der Waals surface area contributed by atoms with Gasteiger partial charge in [-0.3, -0.25) is 4.79 Å². The molecule has 136 valence electrons. The fraction of sp³-hybridized carbons (Fsp3) is 0.0500. The highest BCUT2D eigenvalue weighted by Gasteiger charge is 2.13. The van der Waals surface area contributed by atoms with E-state index in [0.717, 1.165) is 0 Å². The van der Waals surface area contributed by atoms with Crippen LogP contribution in [0.25, 0.3) is 0 Å². The number of hydrogen-bond acceptors (Lipinski definition) is 5. The lowest BCUT2D eigenvalue weighted by Gasteiger charge is -2.12. The molecule has 0 unspecified atom stereocenters. The third-order valence-electron chi connectivity index (χ3n) is 3.43. The number of esters is 1. The van der Waals surface area contributed by atoms with E-state index in [4.69, 9.17) is 21.1 Å². The number of pyridine rings is 1. The minimum atomic E-state index is -0.664. The Morgan fingerprint density at radius 1 is 0.963 bits per heavy atom. The summed E-state index contributed by atoms with van der Waals surface area (Å²) in [4.78, 5) is 27.8. The quantitative estimate of drug-likeness (QED) is 0.507. The van der Waals surface area contributed by atoms with Crippen molar-refractivity contribution in [3.05, 3.63) is 83.6 Å². The average Bonchev–Trinajstić information content (AvgIpc) is 2.69. The van der Waals surface area contributed by atoms with Crippen LogP contribution in [0.1, 0.15) is 10.4 Å². The number of para-hydroxylation sites is 3. The highest BCUT2D eigenvalue weighted by molar-refractivity contribution is 6.29. The van der Waals surface area contributed by atoms with Gasteiger partial charge in [-0.25, -0.2) is 9.78 Å². The molecule has 0 atom stereocenters. The number of halogens is 1. The molecule has 7 heteroatoms. The van der Waals surface area contributed by atoms with E-state index in [1.54, 1.807) is 36.4 Å². The van der Waals surface area contributed by atoms with Crippen molar-refractivity contribution in [1.82, 2.24) is 4.98 Å². The summed E-state index contributed by atoms with van der Waals surface area (Å²) >= 11 is 5.67. The summed E-state index contributed by atoms with van der Waals surface area (Å²) in [5.41, 5.74) is 0.676. The number of nitrogens with one attached hydrogen (secondary N) is 1. The Hall–Kier alpha value is -3.38. The number of carbonyl (C=O) groups is 2. The van der Waals surface area contributed by atoms with Gasteiger partial charge >= 0.3 is 5.97 Å². The monoisotopic (exact) mass is 382 g/mol. The van der Waals surface area contributed by atoms with Crippen LogP contribution in [0.5, 0.6) is 11.5 Å². The Balaban J connectivity index is 1.59. The van der Waals surface area contributed by atoms with Crippen LogP contribution in [0.3, 0.4) is 0 Å². The molecule has 0 aliphatic heterocycles. The van der Waals surface area contributed by atoms with Gasteiger partial charge < -0.3 is 14.8 Å². The fourth-order valence-corrected chi connectivity index (χ4v) is 2.28. The summed E-state index contributed by atoms with van der Waals surface area (Å²) in [5, 5.41) is 2.93. The van der Waals surface area contributed by atoms with E-state index in [9.17, 15) is 9.59 Å². The summed E-state index contributed by atoms with van der Waals surface area (Å²) in [6, 6.07) is 19.1. The second kappa shape index (κ2) is 8.82. The highest BCUT2D eigenvalue weighted by Crippen LogP contribution is 2.29. The van der Waals surface area contributed by atoms with Crippen molar-refractivity contribution in [1.29, 1.82) is 0 Å². The largest absolute Gasteiger partial charge is 0.455 e. The highest BCUT2D eigenvalue weighted by atomic mass is 35.5. The summed E-state index contributed by atoms with van der Waals surface area (Å²) in [6.45, 7) is -0.443. The molecule has 0 bridgehead atoms. The molecule has 2 aromatic carbocycles.